The monoisotopic (exact) mass is 249 g/mol. The first kappa shape index (κ1) is 12.4. The van der Waals surface area contributed by atoms with Crippen LogP contribution in [-0.2, 0) is 4.74 Å². The van der Waals surface area contributed by atoms with E-state index in [1.807, 2.05) is 12.1 Å². The Morgan fingerprint density at radius 1 is 1.33 bits per heavy atom. The molecular formula is C13H15NO4. The van der Waals surface area contributed by atoms with Gasteiger partial charge in [0.05, 0.1) is 12.7 Å². The molecule has 1 heterocycles. The first-order valence-corrected chi connectivity index (χ1v) is 5.78. The molecular weight excluding hydrogens is 234 g/mol. The van der Waals surface area contributed by atoms with Gasteiger partial charge in [-0.2, -0.15) is 0 Å². The number of likely N-dealkylation sites (tertiary alicyclic amines) is 1. The van der Waals surface area contributed by atoms with Crippen molar-refractivity contribution in [1.82, 2.24) is 4.90 Å². The van der Waals surface area contributed by atoms with Gasteiger partial charge >= 0.3 is 12.1 Å². The van der Waals surface area contributed by atoms with Crippen molar-refractivity contribution >= 4 is 12.1 Å². The number of rotatable bonds is 2. The second-order valence-corrected chi connectivity index (χ2v) is 4.33. The highest BCUT2D eigenvalue weighted by Gasteiger charge is 2.27. The average Bonchev–Trinajstić information content (AvgIpc) is 2.87. The summed E-state index contributed by atoms with van der Waals surface area (Å²) < 4.78 is 4.68. The highest BCUT2D eigenvalue weighted by Crippen LogP contribution is 2.27. The lowest BCUT2D eigenvalue weighted by atomic mass is 9.97. The molecule has 1 atom stereocenters. The van der Waals surface area contributed by atoms with Crippen LogP contribution in [0, 0.1) is 0 Å². The normalized spacial score (nSPS) is 18.7. The first-order valence-electron chi connectivity index (χ1n) is 5.78. The van der Waals surface area contributed by atoms with Crippen molar-refractivity contribution in [1.29, 1.82) is 0 Å². The molecule has 0 saturated carbocycles. The van der Waals surface area contributed by atoms with E-state index in [9.17, 15) is 9.59 Å². The van der Waals surface area contributed by atoms with Gasteiger partial charge in [0.2, 0.25) is 0 Å². The van der Waals surface area contributed by atoms with Crippen molar-refractivity contribution < 1.29 is 19.4 Å². The molecule has 1 amide bonds. The van der Waals surface area contributed by atoms with E-state index in [1.54, 1.807) is 17.0 Å². The predicted octanol–water partition coefficient (Wildman–Crippen LogP) is 1.94. The van der Waals surface area contributed by atoms with Crippen LogP contribution in [0.1, 0.15) is 28.3 Å². The molecule has 1 saturated heterocycles. The smallest absolute Gasteiger partial charge is 0.409 e. The third-order valence-corrected chi connectivity index (χ3v) is 3.25. The summed E-state index contributed by atoms with van der Waals surface area (Å²) in [6, 6.07) is 6.82. The molecule has 0 spiro atoms. The predicted molar refractivity (Wildman–Crippen MR) is 64.7 cm³/mol. The number of benzene rings is 1. The molecule has 0 bridgehead atoms. The van der Waals surface area contributed by atoms with E-state index in [2.05, 4.69) is 4.74 Å². The Kier molecular flexibility index (Phi) is 3.50. The highest BCUT2D eigenvalue weighted by atomic mass is 16.5. The summed E-state index contributed by atoms with van der Waals surface area (Å²) in [7, 11) is 1.37. The fraction of sp³-hybridized carbons (Fsp3) is 0.385. The Hall–Kier alpha value is -2.04. The molecule has 5 heteroatoms. The quantitative estimate of drug-likeness (QED) is 0.869. The maximum Gasteiger partial charge on any atom is 0.409 e. The molecule has 1 unspecified atom stereocenters. The minimum absolute atomic E-state index is 0.256. The van der Waals surface area contributed by atoms with Gasteiger partial charge < -0.3 is 14.7 Å². The Bertz CT molecular complexity index is 455. The van der Waals surface area contributed by atoms with Crippen molar-refractivity contribution in [2.24, 2.45) is 0 Å². The van der Waals surface area contributed by atoms with Crippen LogP contribution in [0.3, 0.4) is 0 Å². The minimum atomic E-state index is -0.927. The number of ether oxygens (including phenoxy) is 1. The molecule has 1 aliphatic heterocycles. The molecule has 96 valence electrons. The second-order valence-electron chi connectivity index (χ2n) is 4.33. The van der Waals surface area contributed by atoms with Crippen molar-refractivity contribution in [3.63, 3.8) is 0 Å². The summed E-state index contributed by atoms with van der Waals surface area (Å²) >= 11 is 0. The second kappa shape index (κ2) is 5.08. The van der Waals surface area contributed by atoms with E-state index in [-0.39, 0.29) is 17.6 Å². The standard InChI is InChI=1S/C13H15NO4/c1-18-13(17)14-7-6-11(8-14)9-2-4-10(5-3-9)12(15)16/h2-5,11H,6-8H2,1H3,(H,15,16). The third kappa shape index (κ3) is 2.45. The Morgan fingerprint density at radius 2 is 2.00 bits per heavy atom. The summed E-state index contributed by atoms with van der Waals surface area (Å²) in [5, 5.41) is 8.82. The molecule has 1 fully saturated rings. The average molecular weight is 249 g/mol. The number of carbonyl (C=O) groups is 2. The van der Waals surface area contributed by atoms with Gasteiger partial charge in [0, 0.05) is 19.0 Å². The molecule has 0 radical (unpaired) electrons. The Balaban J connectivity index is 2.05. The number of methoxy groups -OCH3 is 1. The maximum absolute atomic E-state index is 11.4. The topological polar surface area (TPSA) is 66.8 Å². The van der Waals surface area contributed by atoms with Crippen molar-refractivity contribution in [3.05, 3.63) is 35.4 Å². The van der Waals surface area contributed by atoms with Crippen LogP contribution in [0.15, 0.2) is 24.3 Å². The van der Waals surface area contributed by atoms with Gasteiger partial charge in [-0.1, -0.05) is 12.1 Å². The van der Waals surface area contributed by atoms with E-state index in [0.29, 0.717) is 13.1 Å². The summed E-state index contributed by atoms with van der Waals surface area (Å²) in [5.41, 5.74) is 1.34. The van der Waals surface area contributed by atoms with Crippen LogP contribution < -0.4 is 0 Å². The number of carbonyl (C=O) groups excluding carboxylic acids is 1. The maximum atomic E-state index is 11.4. The number of hydrogen-bond acceptors (Lipinski definition) is 3. The Labute approximate surface area is 105 Å². The van der Waals surface area contributed by atoms with Crippen LogP contribution >= 0.6 is 0 Å². The summed E-state index contributed by atoms with van der Waals surface area (Å²) in [6.45, 7) is 1.30. The summed E-state index contributed by atoms with van der Waals surface area (Å²) in [6.07, 6.45) is 0.571. The van der Waals surface area contributed by atoms with Crippen LogP contribution in [0.25, 0.3) is 0 Å². The lowest BCUT2D eigenvalue weighted by Crippen LogP contribution is -2.28. The number of carboxylic acids is 1. The fourth-order valence-electron chi connectivity index (χ4n) is 2.23. The Morgan fingerprint density at radius 3 is 2.56 bits per heavy atom. The molecule has 0 aromatic heterocycles. The molecule has 1 aliphatic rings. The molecule has 2 rings (SSSR count). The van der Waals surface area contributed by atoms with Gasteiger partial charge in [0.1, 0.15) is 0 Å². The highest BCUT2D eigenvalue weighted by molar-refractivity contribution is 5.87. The molecule has 5 nitrogen and oxygen atoms in total. The summed E-state index contributed by atoms with van der Waals surface area (Å²) in [5.74, 6) is -0.670. The van der Waals surface area contributed by atoms with E-state index >= 15 is 0 Å². The fourth-order valence-corrected chi connectivity index (χ4v) is 2.23. The van der Waals surface area contributed by atoms with Crippen LogP contribution in [-0.4, -0.2) is 42.3 Å². The lowest BCUT2D eigenvalue weighted by Gasteiger charge is -2.14. The number of hydrogen-bond donors (Lipinski definition) is 1. The van der Waals surface area contributed by atoms with Crippen molar-refractivity contribution in [3.8, 4) is 0 Å². The van der Waals surface area contributed by atoms with Crippen molar-refractivity contribution in [2.45, 2.75) is 12.3 Å². The van der Waals surface area contributed by atoms with Crippen LogP contribution in [0.5, 0.6) is 0 Å². The minimum Gasteiger partial charge on any atom is -0.478 e. The third-order valence-electron chi connectivity index (χ3n) is 3.25. The van der Waals surface area contributed by atoms with E-state index in [0.717, 1.165) is 12.0 Å². The van der Waals surface area contributed by atoms with Gasteiger partial charge in [0.15, 0.2) is 0 Å². The number of carboxylic acid groups (broad SMARTS) is 1. The number of amides is 1. The van der Waals surface area contributed by atoms with Gasteiger partial charge in [-0.15, -0.1) is 0 Å². The van der Waals surface area contributed by atoms with Gasteiger partial charge in [-0.25, -0.2) is 9.59 Å². The van der Waals surface area contributed by atoms with E-state index in [1.165, 1.54) is 7.11 Å². The van der Waals surface area contributed by atoms with Gasteiger partial charge in [-0.3, -0.25) is 0 Å². The van der Waals surface area contributed by atoms with Crippen LogP contribution in [0.2, 0.25) is 0 Å². The first-order chi connectivity index (χ1) is 8.61. The van der Waals surface area contributed by atoms with Gasteiger partial charge in [0.25, 0.3) is 0 Å². The van der Waals surface area contributed by atoms with Crippen molar-refractivity contribution in [2.75, 3.05) is 20.2 Å². The molecule has 1 N–H and O–H groups in total. The zero-order chi connectivity index (χ0) is 13.1. The summed E-state index contributed by atoms with van der Waals surface area (Å²) in [4.78, 5) is 23.8. The lowest BCUT2D eigenvalue weighted by molar-refractivity contribution is 0.0697. The molecule has 1 aromatic carbocycles. The van der Waals surface area contributed by atoms with E-state index in [4.69, 9.17) is 5.11 Å². The largest absolute Gasteiger partial charge is 0.478 e. The zero-order valence-corrected chi connectivity index (χ0v) is 10.1. The molecule has 18 heavy (non-hydrogen) atoms. The number of nitrogens with zero attached hydrogens (tertiary/aromatic N) is 1. The van der Waals surface area contributed by atoms with Gasteiger partial charge in [-0.05, 0) is 24.1 Å². The molecule has 0 aliphatic carbocycles. The SMILES string of the molecule is COC(=O)N1CCC(c2ccc(C(=O)O)cc2)C1. The molecule has 1 aromatic rings. The zero-order valence-electron chi connectivity index (χ0n) is 10.1. The van der Waals surface area contributed by atoms with Crippen LogP contribution in [0.4, 0.5) is 4.79 Å². The van der Waals surface area contributed by atoms with E-state index < -0.39 is 5.97 Å². The number of aromatic carboxylic acids is 1.